The first-order valence-electron chi connectivity index (χ1n) is 7.32. The summed E-state index contributed by atoms with van der Waals surface area (Å²) in [4.78, 5) is 7.87. The molecule has 0 atom stereocenters. The molecule has 4 rings (SSSR count). The third-order valence-electron chi connectivity index (χ3n) is 3.68. The van der Waals surface area contributed by atoms with E-state index in [1.165, 1.54) is 5.56 Å². The number of aryl methyl sites for hydroxylation is 1. The van der Waals surface area contributed by atoms with Crippen molar-refractivity contribution in [3.05, 3.63) is 53.3 Å². The molecule has 0 unspecified atom stereocenters. The van der Waals surface area contributed by atoms with Gasteiger partial charge in [0.2, 0.25) is 0 Å². The van der Waals surface area contributed by atoms with Crippen LogP contribution in [-0.4, -0.2) is 23.2 Å². The van der Waals surface area contributed by atoms with Crippen LogP contribution in [0, 0.1) is 6.92 Å². The van der Waals surface area contributed by atoms with E-state index in [9.17, 15) is 0 Å². The summed E-state index contributed by atoms with van der Waals surface area (Å²) in [5.74, 6) is 2.36. The van der Waals surface area contributed by atoms with Gasteiger partial charge >= 0.3 is 0 Å². The lowest BCUT2D eigenvalue weighted by Crippen LogP contribution is -2.15. The second-order valence-electron chi connectivity index (χ2n) is 5.38. The van der Waals surface area contributed by atoms with Crippen molar-refractivity contribution in [1.29, 1.82) is 0 Å². The van der Waals surface area contributed by atoms with Gasteiger partial charge in [-0.05, 0) is 18.6 Å². The number of aromatic amines is 1. The van der Waals surface area contributed by atoms with Crippen LogP contribution in [0.2, 0.25) is 0 Å². The van der Waals surface area contributed by atoms with Crippen LogP contribution in [-0.2, 0) is 0 Å². The maximum absolute atomic E-state index is 5.59. The zero-order valence-corrected chi connectivity index (χ0v) is 12.3. The Labute approximate surface area is 128 Å². The fourth-order valence-corrected chi connectivity index (χ4v) is 2.50. The van der Waals surface area contributed by atoms with Gasteiger partial charge in [-0.3, -0.25) is 0 Å². The van der Waals surface area contributed by atoms with E-state index in [1.807, 2.05) is 24.3 Å². The van der Waals surface area contributed by atoms with Gasteiger partial charge in [-0.15, -0.1) is 0 Å². The van der Waals surface area contributed by atoms with Crippen LogP contribution >= 0.6 is 0 Å². The Balaban J connectivity index is 1.66. The number of fused-ring (bicyclic) bond motifs is 2. The summed E-state index contributed by atoms with van der Waals surface area (Å²) in [6.45, 7) is 3.26. The van der Waals surface area contributed by atoms with E-state index in [4.69, 9.17) is 9.47 Å². The van der Waals surface area contributed by atoms with Crippen LogP contribution in [0.15, 0.2) is 36.4 Å². The minimum atomic E-state index is 0.586. The Morgan fingerprint density at radius 2 is 1.73 bits per heavy atom. The highest BCUT2D eigenvalue weighted by molar-refractivity contribution is 5.82. The number of hydrogen-bond donors (Lipinski definition) is 1. The number of rotatable bonds is 2. The van der Waals surface area contributed by atoms with Crippen molar-refractivity contribution < 1.29 is 9.47 Å². The maximum atomic E-state index is 5.59. The first kappa shape index (κ1) is 13.0. The largest absolute Gasteiger partial charge is 0.486 e. The molecule has 1 aliphatic rings. The van der Waals surface area contributed by atoms with Gasteiger partial charge in [0.25, 0.3) is 0 Å². The zero-order valence-electron chi connectivity index (χ0n) is 12.3. The molecule has 2 heterocycles. The lowest BCUT2D eigenvalue weighted by atomic mass is 10.1. The second kappa shape index (κ2) is 5.22. The summed E-state index contributed by atoms with van der Waals surface area (Å²) >= 11 is 0. The van der Waals surface area contributed by atoms with E-state index in [1.54, 1.807) is 0 Å². The van der Waals surface area contributed by atoms with E-state index < -0.39 is 0 Å². The van der Waals surface area contributed by atoms with E-state index in [0.717, 1.165) is 33.9 Å². The molecule has 1 N–H and O–H groups in total. The lowest BCUT2D eigenvalue weighted by molar-refractivity contribution is 0.172. The Morgan fingerprint density at radius 3 is 2.50 bits per heavy atom. The molecular formula is C18H16N2O2. The molecule has 0 fully saturated rings. The van der Waals surface area contributed by atoms with E-state index in [-0.39, 0.29) is 0 Å². The molecule has 0 radical (unpaired) electrons. The number of H-pyrrole nitrogens is 1. The quantitative estimate of drug-likeness (QED) is 0.781. The Kier molecular flexibility index (Phi) is 3.07. The number of aromatic nitrogens is 2. The molecule has 0 saturated heterocycles. The van der Waals surface area contributed by atoms with E-state index >= 15 is 0 Å². The van der Waals surface area contributed by atoms with Crippen LogP contribution in [0.4, 0.5) is 0 Å². The average Bonchev–Trinajstić information content (AvgIpc) is 2.93. The molecule has 2 aromatic carbocycles. The zero-order chi connectivity index (χ0) is 14.9. The van der Waals surface area contributed by atoms with Gasteiger partial charge in [0, 0.05) is 12.1 Å². The number of benzene rings is 2. The Bertz CT molecular complexity index is 804. The van der Waals surface area contributed by atoms with Crippen molar-refractivity contribution in [3.8, 4) is 11.5 Å². The molecule has 1 aromatic heterocycles. The van der Waals surface area contributed by atoms with Crippen LogP contribution < -0.4 is 9.47 Å². The predicted molar refractivity (Wildman–Crippen MR) is 87.2 cm³/mol. The summed E-state index contributed by atoms with van der Waals surface area (Å²) in [6, 6.07) is 12.2. The minimum absolute atomic E-state index is 0.586. The second-order valence-corrected chi connectivity index (χ2v) is 5.38. The summed E-state index contributed by atoms with van der Waals surface area (Å²) in [5, 5.41) is 0. The lowest BCUT2D eigenvalue weighted by Gasteiger charge is -2.17. The van der Waals surface area contributed by atoms with Crippen LogP contribution in [0.5, 0.6) is 11.5 Å². The SMILES string of the molecule is Cc1ccc(/C=C/c2nc3cc4c(cc3[nH]2)OCCO4)cc1. The number of nitrogens with zero attached hydrogens (tertiary/aromatic N) is 1. The normalized spacial score (nSPS) is 13.9. The van der Waals surface area contributed by atoms with Crippen molar-refractivity contribution in [1.82, 2.24) is 9.97 Å². The molecule has 22 heavy (non-hydrogen) atoms. The number of ether oxygens (including phenoxy) is 2. The van der Waals surface area contributed by atoms with E-state index in [2.05, 4.69) is 41.2 Å². The summed E-state index contributed by atoms with van der Waals surface area (Å²) in [7, 11) is 0. The third kappa shape index (κ3) is 2.44. The van der Waals surface area contributed by atoms with Crippen LogP contribution in [0.25, 0.3) is 23.2 Å². The highest BCUT2D eigenvalue weighted by Crippen LogP contribution is 2.33. The first-order chi connectivity index (χ1) is 10.8. The first-order valence-corrected chi connectivity index (χ1v) is 7.32. The Hall–Kier alpha value is -2.75. The van der Waals surface area contributed by atoms with Crippen molar-refractivity contribution in [3.63, 3.8) is 0 Å². The summed E-state index contributed by atoms with van der Waals surface area (Å²) < 4.78 is 11.2. The standard InChI is InChI=1S/C18H16N2O2/c1-12-2-4-13(5-3-12)6-7-18-19-14-10-16-17(11-15(14)20-18)22-9-8-21-16/h2-7,10-11H,8-9H2,1H3,(H,19,20)/b7-6+. The topological polar surface area (TPSA) is 47.1 Å². The fraction of sp³-hybridized carbons (Fsp3) is 0.167. The third-order valence-corrected chi connectivity index (χ3v) is 3.68. The van der Waals surface area contributed by atoms with Gasteiger partial charge in [0.1, 0.15) is 19.0 Å². The van der Waals surface area contributed by atoms with Crippen LogP contribution in [0.1, 0.15) is 17.0 Å². The number of nitrogens with one attached hydrogen (secondary N) is 1. The smallest absolute Gasteiger partial charge is 0.163 e. The van der Waals surface area contributed by atoms with Crippen molar-refractivity contribution >= 4 is 23.2 Å². The molecule has 0 amide bonds. The van der Waals surface area contributed by atoms with Gasteiger partial charge < -0.3 is 14.5 Å². The average molecular weight is 292 g/mol. The highest BCUT2D eigenvalue weighted by atomic mass is 16.6. The molecule has 110 valence electrons. The van der Waals surface area contributed by atoms with Gasteiger partial charge in [0.05, 0.1) is 11.0 Å². The molecule has 0 spiro atoms. The number of imidazole rings is 1. The molecule has 4 heteroatoms. The summed E-state index contributed by atoms with van der Waals surface area (Å²) in [5.41, 5.74) is 4.24. The van der Waals surface area contributed by atoms with Gasteiger partial charge in [0.15, 0.2) is 11.5 Å². The molecular weight excluding hydrogens is 276 g/mol. The fourth-order valence-electron chi connectivity index (χ4n) is 2.50. The summed E-state index contributed by atoms with van der Waals surface area (Å²) in [6.07, 6.45) is 4.02. The molecule has 0 bridgehead atoms. The van der Waals surface area contributed by atoms with Crippen molar-refractivity contribution in [2.24, 2.45) is 0 Å². The van der Waals surface area contributed by atoms with E-state index in [0.29, 0.717) is 13.2 Å². The molecule has 0 aliphatic carbocycles. The van der Waals surface area contributed by atoms with Gasteiger partial charge in [-0.25, -0.2) is 4.98 Å². The molecule has 0 saturated carbocycles. The van der Waals surface area contributed by atoms with Crippen LogP contribution in [0.3, 0.4) is 0 Å². The van der Waals surface area contributed by atoms with Crippen molar-refractivity contribution in [2.45, 2.75) is 6.92 Å². The minimum Gasteiger partial charge on any atom is -0.486 e. The Morgan fingerprint density at radius 1 is 1.00 bits per heavy atom. The number of hydrogen-bond acceptors (Lipinski definition) is 3. The molecule has 4 nitrogen and oxygen atoms in total. The predicted octanol–water partition coefficient (Wildman–Crippen LogP) is 3.81. The van der Waals surface area contributed by atoms with Gasteiger partial charge in [-0.1, -0.05) is 35.9 Å². The highest BCUT2D eigenvalue weighted by Gasteiger charge is 2.14. The molecule has 1 aliphatic heterocycles. The van der Waals surface area contributed by atoms with Gasteiger partial charge in [-0.2, -0.15) is 0 Å². The monoisotopic (exact) mass is 292 g/mol. The molecule has 3 aromatic rings. The van der Waals surface area contributed by atoms with Crippen molar-refractivity contribution in [2.75, 3.05) is 13.2 Å². The maximum Gasteiger partial charge on any atom is 0.163 e.